The highest BCUT2D eigenvalue weighted by molar-refractivity contribution is 5.87. The minimum absolute atomic E-state index is 0.108. The molecule has 0 spiro atoms. The highest BCUT2D eigenvalue weighted by Crippen LogP contribution is 2.47. The summed E-state index contributed by atoms with van der Waals surface area (Å²) in [6.45, 7) is 14.6. The molecule has 3 nitrogen and oxygen atoms in total. The van der Waals surface area contributed by atoms with Crippen LogP contribution in [0.4, 0.5) is 0 Å². The quantitative estimate of drug-likeness (QED) is 0.496. The molecule has 2 atom stereocenters. The molecule has 2 aliphatic rings. The van der Waals surface area contributed by atoms with Crippen molar-refractivity contribution < 1.29 is 4.74 Å². The van der Waals surface area contributed by atoms with Crippen molar-refractivity contribution in [2.24, 2.45) is 0 Å². The Labute approximate surface area is 187 Å². The van der Waals surface area contributed by atoms with E-state index in [1.165, 1.54) is 48.0 Å². The first-order valence-electron chi connectivity index (χ1n) is 11.9. The molecule has 2 aromatic carbocycles. The number of fused-ring (bicyclic) bond motifs is 5. The first-order chi connectivity index (χ1) is 14.8. The van der Waals surface area contributed by atoms with Crippen molar-refractivity contribution in [2.45, 2.75) is 77.7 Å². The fraction of sp³-hybridized carbons (Fsp3) is 0.500. The lowest BCUT2D eigenvalue weighted by atomic mass is 9.86. The number of ether oxygens (including phenoxy) is 1. The van der Waals surface area contributed by atoms with Gasteiger partial charge in [-0.1, -0.05) is 42.0 Å². The van der Waals surface area contributed by atoms with Gasteiger partial charge >= 0.3 is 0 Å². The second kappa shape index (κ2) is 7.50. The van der Waals surface area contributed by atoms with Gasteiger partial charge in [0, 0.05) is 29.7 Å². The maximum atomic E-state index is 6.67. The second-order valence-electron chi connectivity index (χ2n) is 10.4. The van der Waals surface area contributed by atoms with Crippen LogP contribution in [-0.2, 0) is 28.8 Å². The molecule has 0 N–H and O–H groups in total. The van der Waals surface area contributed by atoms with E-state index in [9.17, 15) is 0 Å². The molecule has 0 bridgehead atoms. The van der Waals surface area contributed by atoms with Gasteiger partial charge in [-0.05, 0) is 83.7 Å². The summed E-state index contributed by atoms with van der Waals surface area (Å²) in [5.74, 6) is 0. The van der Waals surface area contributed by atoms with E-state index in [2.05, 4.69) is 92.6 Å². The Balaban J connectivity index is 1.54. The van der Waals surface area contributed by atoms with Crippen LogP contribution in [0.1, 0.15) is 62.9 Å². The molecule has 3 aromatic rings. The number of rotatable bonds is 5. The van der Waals surface area contributed by atoms with Crippen LogP contribution in [0.25, 0.3) is 10.9 Å². The molecule has 5 rings (SSSR count). The van der Waals surface area contributed by atoms with E-state index in [1.807, 2.05) is 0 Å². The fourth-order valence-electron chi connectivity index (χ4n) is 6.19. The maximum absolute atomic E-state index is 6.67. The van der Waals surface area contributed by atoms with E-state index in [-0.39, 0.29) is 17.2 Å². The smallest absolute Gasteiger partial charge is 0.0879 e. The van der Waals surface area contributed by atoms with Crippen LogP contribution in [0.2, 0.25) is 0 Å². The van der Waals surface area contributed by atoms with E-state index in [1.54, 1.807) is 11.3 Å². The van der Waals surface area contributed by atoms with Crippen molar-refractivity contribution in [3.05, 3.63) is 70.9 Å². The van der Waals surface area contributed by atoms with Gasteiger partial charge in [-0.25, -0.2) is 0 Å². The normalized spacial score (nSPS) is 22.5. The first-order valence-corrected chi connectivity index (χ1v) is 11.9. The van der Waals surface area contributed by atoms with Gasteiger partial charge in [0.2, 0.25) is 0 Å². The summed E-state index contributed by atoms with van der Waals surface area (Å²) < 4.78 is 9.28. The number of aryl methyl sites for hydroxylation is 1. The van der Waals surface area contributed by atoms with Gasteiger partial charge < -0.3 is 9.30 Å². The molecule has 31 heavy (non-hydrogen) atoms. The minimum atomic E-state index is -0.316. The Hall–Kier alpha value is -2.10. The largest absolute Gasteiger partial charge is 0.366 e. The van der Waals surface area contributed by atoms with Gasteiger partial charge in [0.1, 0.15) is 0 Å². The maximum Gasteiger partial charge on any atom is 0.0879 e. The SMILES string of the molecule is Cc1ccc2c(c1)c1c(n2CC(C)OC(C)(C)c2ccccc2)C2(C)CCCN2CC1. The Morgan fingerprint density at radius 2 is 1.87 bits per heavy atom. The summed E-state index contributed by atoms with van der Waals surface area (Å²) >= 11 is 0. The summed E-state index contributed by atoms with van der Waals surface area (Å²) in [6.07, 6.45) is 3.81. The standard InChI is InChI=1S/C28H36N2O/c1-20-12-13-25-24(18-20)23-14-17-29-16-9-15-28(29,5)26(23)30(25)19-21(2)31-27(3,4)22-10-7-6-8-11-22/h6-8,10-13,18,21H,9,14-17,19H2,1-5H3. The van der Waals surface area contributed by atoms with E-state index in [0.717, 1.165) is 13.0 Å². The third-order valence-electron chi connectivity index (χ3n) is 7.66. The van der Waals surface area contributed by atoms with Crippen LogP contribution >= 0.6 is 0 Å². The van der Waals surface area contributed by atoms with Crippen LogP contribution in [0.3, 0.4) is 0 Å². The molecule has 0 amide bonds. The Morgan fingerprint density at radius 1 is 1.10 bits per heavy atom. The average Bonchev–Trinajstić information content (AvgIpc) is 3.26. The van der Waals surface area contributed by atoms with Crippen LogP contribution in [0.15, 0.2) is 48.5 Å². The van der Waals surface area contributed by atoms with Crippen LogP contribution in [0.5, 0.6) is 0 Å². The van der Waals surface area contributed by atoms with E-state index >= 15 is 0 Å². The van der Waals surface area contributed by atoms with E-state index in [0.29, 0.717) is 0 Å². The molecule has 1 aromatic heterocycles. The Morgan fingerprint density at radius 3 is 2.65 bits per heavy atom. The van der Waals surface area contributed by atoms with Crippen molar-refractivity contribution in [1.29, 1.82) is 0 Å². The molecule has 1 fully saturated rings. The number of aromatic nitrogens is 1. The molecular formula is C28H36N2O. The van der Waals surface area contributed by atoms with Crippen molar-refractivity contribution in [2.75, 3.05) is 13.1 Å². The summed E-state index contributed by atoms with van der Waals surface area (Å²) in [6, 6.07) is 17.6. The molecule has 2 aliphatic heterocycles. The zero-order chi connectivity index (χ0) is 21.8. The predicted octanol–water partition coefficient (Wildman–Crippen LogP) is 6.16. The van der Waals surface area contributed by atoms with Crippen molar-refractivity contribution in [3.63, 3.8) is 0 Å². The molecular weight excluding hydrogens is 380 g/mol. The summed E-state index contributed by atoms with van der Waals surface area (Å²) in [5, 5.41) is 1.46. The van der Waals surface area contributed by atoms with Gasteiger partial charge in [0.05, 0.1) is 17.2 Å². The lowest BCUT2D eigenvalue weighted by Gasteiger charge is -2.41. The molecule has 0 aliphatic carbocycles. The minimum Gasteiger partial charge on any atom is -0.366 e. The highest BCUT2D eigenvalue weighted by Gasteiger charge is 2.45. The Bertz CT molecular complexity index is 1100. The number of nitrogens with zero attached hydrogens (tertiary/aromatic N) is 2. The lowest BCUT2D eigenvalue weighted by Crippen LogP contribution is -2.45. The first kappa shape index (κ1) is 20.8. The fourth-order valence-corrected chi connectivity index (χ4v) is 6.19. The molecule has 0 saturated carbocycles. The monoisotopic (exact) mass is 416 g/mol. The number of benzene rings is 2. The third kappa shape index (κ3) is 3.43. The zero-order valence-corrected chi connectivity index (χ0v) is 19.7. The number of hydrogen-bond acceptors (Lipinski definition) is 2. The topological polar surface area (TPSA) is 17.4 Å². The van der Waals surface area contributed by atoms with Gasteiger partial charge in [0.25, 0.3) is 0 Å². The molecule has 164 valence electrons. The van der Waals surface area contributed by atoms with Crippen LogP contribution in [-0.4, -0.2) is 28.7 Å². The van der Waals surface area contributed by atoms with Crippen LogP contribution < -0.4 is 0 Å². The lowest BCUT2D eigenvalue weighted by molar-refractivity contribution is -0.0745. The molecule has 0 radical (unpaired) electrons. The molecule has 3 heteroatoms. The molecule has 2 unspecified atom stereocenters. The van der Waals surface area contributed by atoms with Crippen molar-refractivity contribution in [1.82, 2.24) is 9.47 Å². The zero-order valence-electron chi connectivity index (χ0n) is 19.7. The summed E-state index contributed by atoms with van der Waals surface area (Å²) in [7, 11) is 0. The number of hydrogen-bond donors (Lipinski definition) is 0. The van der Waals surface area contributed by atoms with Gasteiger partial charge in [-0.2, -0.15) is 0 Å². The second-order valence-corrected chi connectivity index (χ2v) is 10.4. The Kier molecular flexibility index (Phi) is 5.02. The molecule has 1 saturated heterocycles. The van der Waals surface area contributed by atoms with Gasteiger partial charge in [0.15, 0.2) is 0 Å². The highest BCUT2D eigenvalue weighted by atomic mass is 16.5. The van der Waals surface area contributed by atoms with E-state index < -0.39 is 0 Å². The summed E-state index contributed by atoms with van der Waals surface area (Å²) in [4.78, 5) is 2.72. The average molecular weight is 417 g/mol. The van der Waals surface area contributed by atoms with Crippen LogP contribution in [0, 0.1) is 6.92 Å². The third-order valence-corrected chi connectivity index (χ3v) is 7.66. The van der Waals surface area contributed by atoms with E-state index in [4.69, 9.17) is 4.74 Å². The van der Waals surface area contributed by atoms with Crippen molar-refractivity contribution in [3.8, 4) is 0 Å². The van der Waals surface area contributed by atoms with Gasteiger partial charge in [-0.3, -0.25) is 4.90 Å². The van der Waals surface area contributed by atoms with Gasteiger partial charge in [-0.15, -0.1) is 0 Å². The summed E-state index contributed by atoms with van der Waals surface area (Å²) in [5.41, 5.74) is 6.91. The predicted molar refractivity (Wildman–Crippen MR) is 129 cm³/mol. The van der Waals surface area contributed by atoms with Crippen molar-refractivity contribution >= 4 is 10.9 Å². The molecule has 3 heterocycles.